The molecule has 1 amide bonds. The van der Waals surface area contributed by atoms with Gasteiger partial charge in [-0.25, -0.2) is 0 Å². The average Bonchev–Trinajstić information content (AvgIpc) is 3.19. The summed E-state index contributed by atoms with van der Waals surface area (Å²) in [6, 6.07) is 8.12. The lowest BCUT2D eigenvalue weighted by atomic mass is 9.86. The second-order valence-corrected chi connectivity index (χ2v) is 8.90. The van der Waals surface area contributed by atoms with E-state index in [1.807, 2.05) is 52.0 Å². The minimum atomic E-state index is -0.924. The molecule has 1 fully saturated rings. The number of phenolic OH excluding ortho intramolecular Hbond substituents is 1. The Hall–Kier alpha value is -2.73. The van der Waals surface area contributed by atoms with Crippen molar-refractivity contribution >= 4 is 11.6 Å². The van der Waals surface area contributed by atoms with Crippen molar-refractivity contribution in [2.24, 2.45) is 0 Å². The number of hydrogen-bond donors (Lipinski definition) is 4. The summed E-state index contributed by atoms with van der Waals surface area (Å²) in [5.41, 5.74) is 10.3. The zero-order valence-electron chi connectivity index (χ0n) is 18.1. The largest absolute Gasteiger partial charge is 0.507 e. The van der Waals surface area contributed by atoms with Gasteiger partial charge in [0, 0.05) is 36.3 Å². The first-order valence-corrected chi connectivity index (χ1v) is 10.6. The van der Waals surface area contributed by atoms with Gasteiger partial charge in [-0.1, -0.05) is 12.1 Å². The molecule has 1 saturated heterocycles. The summed E-state index contributed by atoms with van der Waals surface area (Å²) >= 11 is 0. The molecule has 30 heavy (non-hydrogen) atoms. The Bertz CT molecular complexity index is 986. The van der Waals surface area contributed by atoms with Gasteiger partial charge < -0.3 is 26.2 Å². The van der Waals surface area contributed by atoms with Gasteiger partial charge in [0.25, 0.3) is 5.91 Å². The highest BCUT2D eigenvalue weighted by Gasteiger charge is 2.42. The quantitative estimate of drug-likeness (QED) is 0.584. The Kier molecular flexibility index (Phi) is 5.14. The monoisotopic (exact) mass is 409 g/mol. The van der Waals surface area contributed by atoms with Crippen LogP contribution in [0.1, 0.15) is 53.6 Å². The van der Waals surface area contributed by atoms with E-state index in [4.69, 9.17) is 10.5 Å². The number of fused-ring (bicyclic) bond motifs is 1. The predicted octanol–water partition coefficient (Wildman–Crippen LogP) is 3.20. The molecule has 0 radical (unpaired) electrons. The minimum absolute atomic E-state index is 0.0475. The van der Waals surface area contributed by atoms with E-state index in [0.29, 0.717) is 18.6 Å². The summed E-state index contributed by atoms with van der Waals surface area (Å²) in [6.45, 7) is 8.32. The van der Waals surface area contributed by atoms with E-state index in [0.717, 1.165) is 46.7 Å². The molecule has 0 saturated carbocycles. The van der Waals surface area contributed by atoms with E-state index in [2.05, 4.69) is 10.6 Å². The molecule has 3 atom stereocenters. The molecule has 0 spiro atoms. The number of phenols is 1. The van der Waals surface area contributed by atoms with Gasteiger partial charge in [-0.2, -0.15) is 0 Å². The minimum Gasteiger partial charge on any atom is -0.507 e. The summed E-state index contributed by atoms with van der Waals surface area (Å²) in [5, 5.41) is 17.0. The summed E-state index contributed by atoms with van der Waals surface area (Å²) in [6.07, 6.45) is 2.11. The molecule has 5 N–H and O–H groups in total. The molecular weight excluding hydrogens is 378 g/mol. The average molecular weight is 410 g/mol. The highest BCUT2D eigenvalue weighted by atomic mass is 16.5. The van der Waals surface area contributed by atoms with Crippen LogP contribution >= 0.6 is 0 Å². The van der Waals surface area contributed by atoms with E-state index in [9.17, 15) is 9.90 Å². The molecule has 2 aliphatic rings. The Balaban J connectivity index is 1.46. The smallest absolute Gasteiger partial charge is 0.264 e. The van der Waals surface area contributed by atoms with Crippen molar-refractivity contribution in [1.29, 1.82) is 0 Å². The van der Waals surface area contributed by atoms with Gasteiger partial charge in [0.1, 0.15) is 11.5 Å². The Morgan fingerprint density at radius 2 is 1.90 bits per heavy atom. The molecule has 0 aliphatic carbocycles. The molecule has 2 aliphatic heterocycles. The normalized spacial score (nSPS) is 25.5. The van der Waals surface area contributed by atoms with Crippen LogP contribution in [0.25, 0.3) is 0 Å². The first-order chi connectivity index (χ1) is 14.2. The number of nitrogens with two attached hydrogens (primary N) is 1. The summed E-state index contributed by atoms with van der Waals surface area (Å²) in [5.74, 6) is 0.991. The first-order valence-electron chi connectivity index (χ1n) is 10.6. The Labute approximate surface area is 177 Å². The topological polar surface area (TPSA) is 96.6 Å². The van der Waals surface area contributed by atoms with Gasteiger partial charge in [-0.05, 0) is 74.9 Å². The van der Waals surface area contributed by atoms with Crippen LogP contribution in [-0.4, -0.2) is 29.2 Å². The van der Waals surface area contributed by atoms with Gasteiger partial charge in [-0.15, -0.1) is 0 Å². The van der Waals surface area contributed by atoms with Crippen molar-refractivity contribution in [3.8, 4) is 11.5 Å². The number of amides is 1. The number of benzene rings is 2. The van der Waals surface area contributed by atoms with Crippen molar-refractivity contribution in [2.45, 2.75) is 64.6 Å². The summed E-state index contributed by atoms with van der Waals surface area (Å²) in [7, 11) is 0. The molecule has 4 rings (SSSR count). The first kappa shape index (κ1) is 20.5. The lowest BCUT2D eigenvalue weighted by Gasteiger charge is -2.37. The number of aromatic hydroxyl groups is 1. The fraction of sp³-hybridized carbons (Fsp3) is 0.458. The van der Waals surface area contributed by atoms with E-state index >= 15 is 0 Å². The van der Waals surface area contributed by atoms with E-state index in [-0.39, 0.29) is 18.0 Å². The molecular formula is C24H31N3O3. The van der Waals surface area contributed by atoms with E-state index in [1.54, 1.807) is 0 Å². The fourth-order valence-electron chi connectivity index (χ4n) is 4.57. The lowest BCUT2D eigenvalue weighted by molar-refractivity contribution is -0.137. The third-order valence-electron chi connectivity index (χ3n) is 6.80. The maximum Gasteiger partial charge on any atom is 0.264 e. The zero-order chi connectivity index (χ0) is 21.6. The maximum atomic E-state index is 13.2. The second-order valence-electron chi connectivity index (χ2n) is 8.90. The zero-order valence-corrected chi connectivity index (χ0v) is 18.1. The fourth-order valence-corrected chi connectivity index (χ4v) is 4.57. The number of anilines is 1. The molecule has 3 unspecified atom stereocenters. The van der Waals surface area contributed by atoms with Gasteiger partial charge in [0.05, 0.1) is 0 Å². The van der Waals surface area contributed by atoms with Crippen LogP contribution in [0.5, 0.6) is 11.5 Å². The molecule has 2 heterocycles. The molecule has 2 aromatic rings. The molecule has 0 aromatic heterocycles. The molecule has 0 bridgehead atoms. The number of hydrogen-bond acceptors (Lipinski definition) is 5. The molecule has 160 valence electrons. The van der Waals surface area contributed by atoms with Crippen LogP contribution in [0.15, 0.2) is 24.3 Å². The number of ether oxygens (including phenoxy) is 1. The van der Waals surface area contributed by atoms with Crippen molar-refractivity contribution in [3.63, 3.8) is 0 Å². The van der Waals surface area contributed by atoms with Crippen LogP contribution in [0.3, 0.4) is 0 Å². The highest BCUT2D eigenvalue weighted by Crippen LogP contribution is 2.43. The van der Waals surface area contributed by atoms with Crippen LogP contribution in [0.2, 0.25) is 0 Å². The van der Waals surface area contributed by atoms with Crippen LogP contribution < -0.4 is 21.1 Å². The van der Waals surface area contributed by atoms with Gasteiger partial charge >= 0.3 is 0 Å². The van der Waals surface area contributed by atoms with Gasteiger partial charge in [0.2, 0.25) is 0 Å². The van der Waals surface area contributed by atoms with Crippen LogP contribution in [0, 0.1) is 20.8 Å². The Morgan fingerprint density at radius 3 is 2.60 bits per heavy atom. The number of carbonyl (C=O) groups is 1. The highest BCUT2D eigenvalue weighted by molar-refractivity contribution is 5.86. The molecule has 2 aromatic carbocycles. The number of nitrogen functional groups attached to an aromatic ring is 1. The van der Waals surface area contributed by atoms with E-state index in [1.165, 1.54) is 5.56 Å². The second kappa shape index (κ2) is 7.51. The van der Waals surface area contributed by atoms with Crippen molar-refractivity contribution in [2.75, 3.05) is 12.3 Å². The summed E-state index contributed by atoms with van der Waals surface area (Å²) in [4.78, 5) is 13.2. The lowest BCUT2D eigenvalue weighted by Crippen LogP contribution is -2.54. The third kappa shape index (κ3) is 3.49. The van der Waals surface area contributed by atoms with Gasteiger partial charge in [0.15, 0.2) is 5.60 Å². The number of nitrogens with one attached hydrogen (secondary N) is 2. The standard InChI is InChI=1S/C24H31N3O3/c1-13-14(2)22-19(15(3)21(13)28)9-10-24(4,30-22)23(29)27-18-11-20(26-12-18)16-5-7-17(25)8-6-16/h5-8,18,20,26,28H,9-12,25H2,1-4H3,(H,27,29). The Morgan fingerprint density at radius 1 is 1.20 bits per heavy atom. The number of rotatable bonds is 3. The third-order valence-corrected chi connectivity index (χ3v) is 6.80. The van der Waals surface area contributed by atoms with Crippen LogP contribution in [-0.2, 0) is 11.2 Å². The maximum absolute atomic E-state index is 13.2. The predicted molar refractivity (Wildman–Crippen MR) is 118 cm³/mol. The molecule has 6 nitrogen and oxygen atoms in total. The van der Waals surface area contributed by atoms with Crippen LogP contribution in [0.4, 0.5) is 5.69 Å². The van der Waals surface area contributed by atoms with Gasteiger partial charge in [-0.3, -0.25) is 4.79 Å². The SMILES string of the molecule is Cc1c(C)c2c(c(C)c1O)CCC(C)(C(=O)NC1CNC(c3ccc(N)cc3)C1)O2. The number of carbonyl (C=O) groups excluding carboxylic acids is 1. The van der Waals surface area contributed by atoms with Crippen molar-refractivity contribution < 1.29 is 14.6 Å². The molecule has 6 heteroatoms. The van der Waals surface area contributed by atoms with Crippen molar-refractivity contribution in [3.05, 3.63) is 52.1 Å². The van der Waals surface area contributed by atoms with E-state index < -0.39 is 5.60 Å². The van der Waals surface area contributed by atoms with Crippen molar-refractivity contribution in [1.82, 2.24) is 10.6 Å². The summed E-state index contributed by atoms with van der Waals surface area (Å²) < 4.78 is 6.31.